The molecule has 0 spiro atoms. The zero-order valence-corrected chi connectivity index (χ0v) is 21.2. The van der Waals surface area contributed by atoms with E-state index >= 15 is 0 Å². The minimum Gasteiger partial charge on any atom is -0.494 e. The third kappa shape index (κ3) is 7.78. The summed E-state index contributed by atoms with van der Waals surface area (Å²) >= 11 is 12.5. The van der Waals surface area contributed by atoms with Gasteiger partial charge in [-0.1, -0.05) is 53.5 Å². The number of alkyl halides is 3. The summed E-state index contributed by atoms with van der Waals surface area (Å²) in [6, 6.07) is 20.0. The van der Waals surface area contributed by atoms with Gasteiger partial charge in [0.1, 0.15) is 11.6 Å². The number of aromatic nitrogens is 2. The van der Waals surface area contributed by atoms with Crippen molar-refractivity contribution in [1.29, 1.82) is 0 Å². The van der Waals surface area contributed by atoms with Gasteiger partial charge in [0.05, 0.1) is 17.3 Å². The molecule has 0 aliphatic rings. The number of halogens is 5. The molecule has 0 aliphatic heterocycles. The van der Waals surface area contributed by atoms with Gasteiger partial charge in [0.25, 0.3) is 0 Å². The molecule has 4 rings (SSSR count). The van der Waals surface area contributed by atoms with Crippen LogP contribution in [0.2, 0.25) is 10.0 Å². The maximum atomic E-state index is 12.3. The third-order valence-electron chi connectivity index (χ3n) is 5.53. The number of nitrogen functional groups attached to an aromatic ring is 1. The number of imidazole rings is 1. The predicted molar refractivity (Wildman–Crippen MR) is 144 cm³/mol. The summed E-state index contributed by atoms with van der Waals surface area (Å²) in [5, 5.41) is 1.05. The first-order chi connectivity index (χ1) is 17.7. The maximum Gasteiger partial charge on any atom is 0.389 e. The van der Waals surface area contributed by atoms with Crippen molar-refractivity contribution in [2.24, 2.45) is 0 Å². The van der Waals surface area contributed by atoms with Gasteiger partial charge in [0.15, 0.2) is 0 Å². The number of nitrogens with two attached hydrogens (primary N) is 1. The van der Waals surface area contributed by atoms with Crippen LogP contribution in [0, 0.1) is 0 Å². The van der Waals surface area contributed by atoms with E-state index in [1.54, 1.807) is 24.3 Å². The van der Waals surface area contributed by atoms with E-state index in [9.17, 15) is 13.2 Å². The van der Waals surface area contributed by atoms with Crippen LogP contribution in [0.5, 0.6) is 5.75 Å². The molecule has 192 valence electrons. The Labute approximate surface area is 223 Å². The molecule has 0 fully saturated rings. The molecule has 1 aromatic heterocycles. The summed E-state index contributed by atoms with van der Waals surface area (Å²) < 4.78 is 44.2. The standard InChI is InChI=1S/C28H24Cl2F3N3O/c29-21-7-12-24(25(30)16-21)26-18-36(17-20-2-8-22(34)9-3-20)27(35-26)13-6-19-4-10-23(11-5-19)37-15-1-14-28(31,32)33/h2-13,16,18H,1,14-15,17,34H2/b13-6+. The van der Waals surface area contributed by atoms with Gasteiger partial charge in [-0.05, 0) is 66.1 Å². The van der Waals surface area contributed by atoms with Gasteiger partial charge in [-0.25, -0.2) is 4.98 Å². The molecule has 0 atom stereocenters. The van der Waals surface area contributed by atoms with Gasteiger partial charge in [-0.2, -0.15) is 13.2 Å². The quantitative estimate of drug-likeness (QED) is 0.170. The second kappa shape index (κ2) is 11.8. The normalized spacial score (nSPS) is 11.8. The lowest BCUT2D eigenvalue weighted by Gasteiger charge is -2.08. The van der Waals surface area contributed by atoms with Gasteiger partial charge < -0.3 is 15.0 Å². The number of hydrogen-bond donors (Lipinski definition) is 1. The van der Waals surface area contributed by atoms with Crippen LogP contribution in [0.1, 0.15) is 29.8 Å². The predicted octanol–water partition coefficient (Wildman–Crippen LogP) is 8.38. The van der Waals surface area contributed by atoms with E-state index in [4.69, 9.17) is 38.7 Å². The van der Waals surface area contributed by atoms with Gasteiger partial charge in [0, 0.05) is 35.4 Å². The third-order valence-corrected chi connectivity index (χ3v) is 6.07. The molecule has 37 heavy (non-hydrogen) atoms. The lowest BCUT2D eigenvalue weighted by molar-refractivity contribution is -0.136. The average molecular weight is 546 g/mol. The van der Waals surface area contributed by atoms with E-state index in [0.29, 0.717) is 39.5 Å². The molecule has 0 bridgehead atoms. The van der Waals surface area contributed by atoms with Crippen molar-refractivity contribution in [3.63, 3.8) is 0 Å². The van der Waals surface area contributed by atoms with Crippen LogP contribution in [0.4, 0.5) is 18.9 Å². The topological polar surface area (TPSA) is 53.1 Å². The Hall–Kier alpha value is -3.42. The van der Waals surface area contributed by atoms with Crippen LogP contribution in [-0.2, 0) is 6.54 Å². The molecule has 0 saturated carbocycles. The van der Waals surface area contributed by atoms with E-state index in [0.717, 1.165) is 16.7 Å². The molecule has 4 nitrogen and oxygen atoms in total. The number of ether oxygens (including phenoxy) is 1. The van der Waals surface area contributed by atoms with Crippen LogP contribution >= 0.6 is 23.2 Å². The van der Waals surface area contributed by atoms with E-state index < -0.39 is 12.6 Å². The molecule has 1 heterocycles. The second-order valence-corrected chi connectivity index (χ2v) is 9.29. The van der Waals surface area contributed by atoms with E-state index in [2.05, 4.69) is 0 Å². The molecule has 0 unspecified atom stereocenters. The Balaban J connectivity index is 1.53. The van der Waals surface area contributed by atoms with Crippen LogP contribution in [-0.4, -0.2) is 22.3 Å². The summed E-state index contributed by atoms with van der Waals surface area (Å²) in [6.07, 6.45) is 0.619. The van der Waals surface area contributed by atoms with Crippen molar-refractivity contribution in [3.05, 3.63) is 99.9 Å². The minimum absolute atomic E-state index is 0.00724. The fourth-order valence-corrected chi connectivity index (χ4v) is 4.15. The summed E-state index contributed by atoms with van der Waals surface area (Å²) in [6.45, 7) is 0.580. The van der Waals surface area contributed by atoms with Crippen molar-refractivity contribution in [2.75, 3.05) is 12.3 Å². The number of benzene rings is 3. The van der Waals surface area contributed by atoms with E-state index in [-0.39, 0.29) is 13.0 Å². The Bertz CT molecular complexity index is 1370. The van der Waals surface area contributed by atoms with Crippen LogP contribution in [0.25, 0.3) is 23.4 Å². The highest BCUT2D eigenvalue weighted by atomic mass is 35.5. The van der Waals surface area contributed by atoms with Crippen molar-refractivity contribution in [1.82, 2.24) is 9.55 Å². The fraction of sp³-hybridized carbons (Fsp3) is 0.179. The zero-order valence-electron chi connectivity index (χ0n) is 19.7. The number of rotatable bonds is 9. The molecule has 2 N–H and O–H groups in total. The number of anilines is 1. The molecule has 0 amide bonds. The molecule has 9 heteroatoms. The summed E-state index contributed by atoms with van der Waals surface area (Å²) in [5.41, 5.74) is 9.93. The molecular weight excluding hydrogens is 522 g/mol. The largest absolute Gasteiger partial charge is 0.494 e. The van der Waals surface area contributed by atoms with Gasteiger partial charge >= 0.3 is 6.18 Å². The summed E-state index contributed by atoms with van der Waals surface area (Å²) in [4.78, 5) is 4.79. The SMILES string of the molecule is Nc1ccc(Cn2cc(-c3ccc(Cl)cc3Cl)nc2/C=C/c2ccc(OCCCC(F)(F)F)cc2)cc1. The highest BCUT2D eigenvalue weighted by Gasteiger charge is 2.26. The van der Waals surface area contributed by atoms with Crippen LogP contribution in [0.3, 0.4) is 0 Å². The zero-order chi connectivity index (χ0) is 26.4. The molecule has 0 aliphatic carbocycles. The average Bonchev–Trinajstić information content (AvgIpc) is 3.24. The van der Waals surface area contributed by atoms with Gasteiger partial charge in [-0.15, -0.1) is 0 Å². The van der Waals surface area contributed by atoms with Gasteiger partial charge in [0.2, 0.25) is 0 Å². The summed E-state index contributed by atoms with van der Waals surface area (Å²) in [5.74, 6) is 1.23. The number of hydrogen-bond acceptors (Lipinski definition) is 3. The second-order valence-electron chi connectivity index (χ2n) is 8.45. The molecule has 4 aromatic rings. The highest BCUT2D eigenvalue weighted by molar-refractivity contribution is 6.36. The highest BCUT2D eigenvalue weighted by Crippen LogP contribution is 2.30. The lowest BCUT2D eigenvalue weighted by atomic mass is 10.2. The Morgan fingerprint density at radius 3 is 2.35 bits per heavy atom. The first-order valence-corrected chi connectivity index (χ1v) is 12.3. The first-order valence-electron chi connectivity index (χ1n) is 11.5. The Morgan fingerprint density at radius 2 is 1.68 bits per heavy atom. The Kier molecular flexibility index (Phi) is 8.46. The van der Waals surface area contributed by atoms with E-state index in [1.165, 1.54) is 0 Å². The van der Waals surface area contributed by atoms with E-state index in [1.807, 2.05) is 65.4 Å². The molecule has 3 aromatic carbocycles. The molecule has 0 radical (unpaired) electrons. The first kappa shape index (κ1) is 26.6. The lowest BCUT2D eigenvalue weighted by Crippen LogP contribution is -2.09. The van der Waals surface area contributed by atoms with Crippen LogP contribution < -0.4 is 10.5 Å². The van der Waals surface area contributed by atoms with Crippen molar-refractivity contribution in [3.8, 4) is 17.0 Å². The van der Waals surface area contributed by atoms with Gasteiger partial charge in [-0.3, -0.25) is 0 Å². The molecular formula is C28H24Cl2F3N3O. The number of nitrogens with zero attached hydrogens (tertiary/aromatic N) is 2. The van der Waals surface area contributed by atoms with Crippen LogP contribution in [0.15, 0.2) is 72.9 Å². The van der Waals surface area contributed by atoms with Crippen molar-refractivity contribution < 1.29 is 17.9 Å². The maximum absolute atomic E-state index is 12.3. The summed E-state index contributed by atoms with van der Waals surface area (Å²) in [7, 11) is 0. The Morgan fingerprint density at radius 1 is 0.946 bits per heavy atom. The van der Waals surface area contributed by atoms with Crippen molar-refractivity contribution >= 4 is 41.0 Å². The minimum atomic E-state index is -4.17. The van der Waals surface area contributed by atoms with Crippen molar-refractivity contribution in [2.45, 2.75) is 25.6 Å². The monoisotopic (exact) mass is 545 g/mol. The molecule has 0 saturated heterocycles. The smallest absolute Gasteiger partial charge is 0.389 e. The fourth-order valence-electron chi connectivity index (χ4n) is 3.65.